The largest absolute Gasteiger partial charge is 0.336 e. The Bertz CT molecular complexity index is 892. The van der Waals surface area contributed by atoms with Crippen LogP contribution in [0, 0.1) is 0 Å². The molecule has 1 aliphatic heterocycles. The van der Waals surface area contributed by atoms with E-state index >= 15 is 0 Å². The van der Waals surface area contributed by atoms with E-state index in [1.807, 2.05) is 18.2 Å². The Morgan fingerprint density at radius 1 is 1.00 bits per heavy atom. The van der Waals surface area contributed by atoms with Gasteiger partial charge in [-0.3, -0.25) is 0 Å². The first-order valence-electron chi connectivity index (χ1n) is 8.38. The van der Waals surface area contributed by atoms with Gasteiger partial charge in [-0.25, -0.2) is 9.97 Å². The molecule has 0 spiro atoms. The number of nitrogens with zero attached hydrogens (tertiary/aromatic N) is 3. The molecule has 3 aromatic rings. The van der Waals surface area contributed by atoms with E-state index in [0.717, 1.165) is 46.9 Å². The van der Waals surface area contributed by atoms with Gasteiger partial charge in [-0.15, -0.1) is 0 Å². The summed E-state index contributed by atoms with van der Waals surface area (Å²) < 4.78 is 1.05. The van der Waals surface area contributed by atoms with E-state index in [0.29, 0.717) is 6.54 Å². The van der Waals surface area contributed by atoms with Crippen molar-refractivity contribution in [2.75, 3.05) is 11.4 Å². The highest BCUT2D eigenvalue weighted by Gasteiger charge is 2.19. The molecular weight excluding hydrogens is 376 g/mol. The van der Waals surface area contributed by atoms with Crippen LogP contribution >= 0.6 is 15.9 Å². The van der Waals surface area contributed by atoms with Crippen LogP contribution in [0.1, 0.15) is 16.8 Å². The number of anilines is 1. The molecule has 0 bridgehead atoms. The maximum Gasteiger partial charge on any atom is 0.226 e. The Hall–Kier alpha value is -2.24. The first-order valence-corrected chi connectivity index (χ1v) is 9.18. The smallest absolute Gasteiger partial charge is 0.226 e. The van der Waals surface area contributed by atoms with Crippen molar-refractivity contribution >= 4 is 21.9 Å². The molecule has 0 fully saturated rings. The number of halogens is 1. The Labute approximate surface area is 155 Å². The van der Waals surface area contributed by atoms with Gasteiger partial charge in [0.15, 0.2) is 0 Å². The quantitative estimate of drug-likeness (QED) is 0.730. The first kappa shape index (κ1) is 16.2. The number of hydrogen-bond acceptors (Lipinski definition) is 4. The summed E-state index contributed by atoms with van der Waals surface area (Å²) in [4.78, 5) is 11.7. The number of nitrogens with two attached hydrogens (primary N) is 1. The van der Waals surface area contributed by atoms with Gasteiger partial charge >= 0.3 is 0 Å². The lowest BCUT2D eigenvalue weighted by molar-refractivity contribution is 0.704. The predicted octanol–water partition coefficient (Wildman–Crippen LogP) is 3.93. The lowest BCUT2D eigenvalue weighted by atomic mass is 10.0. The van der Waals surface area contributed by atoms with Crippen LogP contribution in [-0.4, -0.2) is 16.5 Å². The molecule has 0 unspecified atom stereocenters. The van der Waals surface area contributed by atoms with E-state index in [4.69, 9.17) is 10.7 Å². The van der Waals surface area contributed by atoms with Crippen LogP contribution in [0.4, 0.5) is 5.95 Å². The second-order valence-corrected chi connectivity index (χ2v) is 7.11. The molecule has 126 valence electrons. The summed E-state index contributed by atoms with van der Waals surface area (Å²) in [6.45, 7) is 2.16. The third-order valence-corrected chi connectivity index (χ3v) is 5.06. The summed E-state index contributed by atoms with van der Waals surface area (Å²) in [5.74, 6) is 0.760. The molecule has 0 aliphatic carbocycles. The molecule has 2 heterocycles. The van der Waals surface area contributed by atoms with Gasteiger partial charge in [0.1, 0.15) is 0 Å². The van der Waals surface area contributed by atoms with Gasteiger partial charge in [-0.1, -0.05) is 52.3 Å². The number of fused-ring (bicyclic) bond motifs is 1. The number of hydrogen-bond donors (Lipinski definition) is 1. The molecule has 0 amide bonds. The minimum Gasteiger partial charge on any atom is -0.336 e. The van der Waals surface area contributed by atoms with Crippen molar-refractivity contribution in [1.82, 2.24) is 9.97 Å². The highest BCUT2D eigenvalue weighted by Crippen LogP contribution is 2.26. The van der Waals surface area contributed by atoms with E-state index in [2.05, 4.69) is 62.2 Å². The summed E-state index contributed by atoms with van der Waals surface area (Å²) in [7, 11) is 0. The summed E-state index contributed by atoms with van der Waals surface area (Å²) in [5, 5.41) is 0. The van der Waals surface area contributed by atoms with Crippen molar-refractivity contribution in [2.24, 2.45) is 5.73 Å². The van der Waals surface area contributed by atoms with Crippen LogP contribution in [0.2, 0.25) is 0 Å². The van der Waals surface area contributed by atoms with E-state index in [1.54, 1.807) is 0 Å². The third kappa shape index (κ3) is 3.43. The van der Waals surface area contributed by atoms with Crippen molar-refractivity contribution in [3.63, 3.8) is 0 Å². The molecule has 0 atom stereocenters. The van der Waals surface area contributed by atoms with Crippen molar-refractivity contribution in [3.8, 4) is 11.3 Å². The van der Waals surface area contributed by atoms with Crippen LogP contribution in [0.15, 0.2) is 59.1 Å². The van der Waals surface area contributed by atoms with Crippen molar-refractivity contribution in [2.45, 2.75) is 19.5 Å². The Kier molecular flexibility index (Phi) is 4.51. The third-order valence-electron chi connectivity index (χ3n) is 4.53. The SMILES string of the molecule is NCc1cc(-c2ccc(Br)cc2)nc(N2CCc3ccccc3C2)n1. The normalized spacial score (nSPS) is 13.6. The van der Waals surface area contributed by atoms with Crippen LogP contribution in [0.25, 0.3) is 11.3 Å². The van der Waals surface area contributed by atoms with E-state index in [1.165, 1.54) is 11.1 Å². The van der Waals surface area contributed by atoms with Gasteiger partial charge in [0, 0.05) is 29.7 Å². The highest BCUT2D eigenvalue weighted by atomic mass is 79.9. The highest BCUT2D eigenvalue weighted by molar-refractivity contribution is 9.10. The summed E-state index contributed by atoms with van der Waals surface area (Å²) in [5.41, 5.74) is 11.5. The zero-order chi connectivity index (χ0) is 17.2. The van der Waals surface area contributed by atoms with Crippen LogP contribution in [0.3, 0.4) is 0 Å². The summed E-state index contributed by atoms with van der Waals surface area (Å²) in [6, 6.07) is 18.7. The standard InChI is InChI=1S/C20H19BrN4/c21-17-7-5-15(6-8-17)19-11-18(12-22)23-20(24-19)25-10-9-14-3-1-2-4-16(14)13-25/h1-8,11H,9-10,12-13,22H2. The Balaban J connectivity index is 1.70. The number of benzene rings is 2. The second-order valence-electron chi connectivity index (χ2n) is 6.20. The van der Waals surface area contributed by atoms with E-state index < -0.39 is 0 Å². The molecule has 4 nitrogen and oxygen atoms in total. The first-order chi connectivity index (χ1) is 12.2. The van der Waals surface area contributed by atoms with Gasteiger partial charge < -0.3 is 10.6 Å². The molecule has 2 N–H and O–H groups in total. The Morgan fingerprint density at radius 3 is 2.52 bits per heavy atom. The van der Waals surface area contributed by atoms with Crippen LogP contribution in [-0.2, 0) is 19.5 Å². The van der Waals surface area contributed by atoms with E-state index in [9.17, 15) is 0 Å². The topological polar surface area (TPSA) is 55.0 Å². The molecule has 5 heteroatoms. The molecule has 1 aromatic heterocycles. The zero-order valence-corrected chi connectivity index (χ0v) is 15.4. The fraction of sp³-hybridized carbons (Fsp3) is 0.200. The fourth-order valence-corrected chi connectivity index (χ4v) is 3.43. The van der Waals surface area contributed by atoms with Gasteiger partial charge in [0.05, 0.1) is 11.4 Å². The molecular formula is C20H19BrN4. The maximum atomic E-state index is 5.88. The van der Waals surface area contributed by atoms with Gasteiger partial charge in [0.25, 0.3) is 0 Å². The summed E-state index contributed by atoms with van der Waals surface area (Å²) >= 11 is 3.48. The second kappa shape index (κ2) is 6.94. The van der Waals surface area contributed by atoms with Gasteiger partial charge in [0.2, 0.25) is 5.95 Å². The van der Waals surface area contributed by atoms with Crippen molar-refractivity contribution in [3.05, 3.63) is 75.9 Å². The average Bonchev–Trinajstić information content (AvgIpc) is 2.67. The van der Waals surface area contributed by atoms with Gasteiger partial charge in [-0.05, 0) is 35.7 Å². The minimum absolute atomic E-state index is 0.406. The summed E-state index contributed by atoms with van der Waals surface area (Å²) in [6.07, 6.45) is 1.01. The van der Waals surface area contributed by atoms with Crippen LogP contribution < -0.4 is 10.6 Å². The van der Waals surface area contributed by atoms with Crippen LogP contribution in [0.5, 0.6) is 0 Å². The average molecular weight is 395 g/mol. The monoisotopic (exact) mass is 394 g/mol. The lowest BCUT2D eigenvalue weighted by Crippen LogP contribution is -2.32. The molecule has 2 aromatic carbocycles. The van der Waals surface area contributed by atoms with Crippen molar-refractivity contribution in [1.29, 1.82) is 0 Å². The molecule has 0 radical (unpaired) electrons. The Morgan fingerprint density at radius 2 is 1.76 bits per heavy atom. The molecule has 0 saturated carbocycles. The number of aromatic nitrogens is 2. The zero-order valence-electron chi connectivity index (χ0n) is 13.8. The van der Waals surface area contributed by atoms with E-state index in [-0.39, 0.29) is 0 Å². The predicted molar refractivity (Wildman–Crippen MR) is 104 cm³/mol. The fourth-order valence-electron chi connectivity index (χ4n) is 3.16. The minimum atomic E-state index is 0.406. The molecule has 1 aliphatic rings. The lowest BCUT2D eigenvalue weighted by Gasteiger charge is -2.29. The van der Waals surface area contributed by atoms with Crippen molar-refractivity contribution < 1.29 is 0 Å². The molecule has 4 rings (SSSR count). The maximum absolute atomic E-state index is 5.88. The molecule has 25 heavy (non-hydrogen) atoms. The number of rotatable bonds is 3. The van der Waals surface area contributed by atoms with Gasteiger partial charge in [-0.2, -0.15) is 0 Å². The molecule has 0 saturated heterocycles.